The Morgan fingerprint density at radius 1 is 1.11 bits per heavy atom. The molecule has 0 heterocycles. The van der Waals surface area contributed by atoms with Gasteiger partial charge in [0, 0.05) is 16.3 Å². The van der Waals surface area contributed by atoms with E-state index >= 15 is 0 Å². The number of thioether (sulfide) groups is 1. The van der Waals surface area contributed by atoms with Gasteiger partial charge in [-0.3, -0.25) is 0 Å². The lowest BCUT2D eigenvalue weighted by molar-refractivity contribution is 0.474. The molecule has 0 saturated heterocycles. The van der Waals surface area contributed by atoms with Crippen LogP contribution in [-0.2, 0) is 6.42 Å². The van der Waals surface area contributed by atoms with Crippen molar-refractivity contribution in [1.29, 1.82) is 0 Å². The quantitative estimate of drug-likeness (QED) is 0.804. The highest BCUT2D eigenvalue weighted by molar-refractivity contribution is 7.98. The smallest absolute Gasteiger partial charge is 0.134 e. The molecule has 0 aliphatic carbocycles. The van der Waals surface area contributed by atoms with E-state index < -0.39 is 0 Å². The molecule has 2 aromatic rings. The minimum Gasteiger partial charge on any atom is -0.506 e. The van der Waals surface area contributed by atoms with Crippen molar-refractivity contribution in [3.8, 4) is 5.75 Å². The van der Waals surface area contributed by atoms with Gasteiger partial charge in [0.1, 0.15) is 5.75 Å². The first-order valence-electron chi connectivity index (χ1n) is 5.41. The van der Waals surface area contributed by atoms with E-state index in [4.69, 9.17) is 23.2 Å². The maximum absolute atomic E-state index is 9.69. The molecule has 0 unspecified atom stereocenters. The molecule has 0 atom stereocenters. The fourth-order valence-electron chi connectivity index (χ4n) is 1.78. The molecule has 0 aliphatic heterocycles. The predicted octanol–water partition coefficient (Wildman–Crippen LogP) is 5.01. The summed E-state index contributed by atoms with van der Waals surface area (Å²) in [5, 5.41) is 10.8. The molecule has 94 valence electrons. The third-order valence-corrected chi connectivity index (χ3v) is 4.34. The lowest BCUT2D eigenvalue weighted by Crippen LogP contribution is -1.93. The molecular weight excluding hydrogens is 287 g/mol. The Morgan fingerprint density at radius 3 is 2.50 bits per heavy atom. The highest BCUT2D eigenvalue weighted by atomic mass is 35.5. The second kappa shape index (κ2) is 5.87. The van der Waals surface area contributed by atoms with Crippen molar-refractivity contribution in [1.82, 2.24) is 0 Å². The van der Waals surface area contributed by atoms with E-state index in [9.17, 15) is 5.11 Å². The summed E-state index contributed by atoms with van der Waals surface area (Å²) in [4.78, 5) is 1.05. The molecule has 0 saturated carbocycles. The van der Waals surface area contributed by atoms with Crippen molar-refractivity contribution < 1.29 is 5.11 Å². The molecule has 0 radical (unpaired) electrons. The molecule has 2 aromatic carbocycles. The number of rotatable bonds is 3. The summed E-state index contributed by atoms with van der Waals surface area (Å²) in [5.74, 6) is 0.108. The molecule has 0 aliphatic rings. The van der Waals surface area contributed by atoms with Crippen molar-refractivity contribution in [2.24, 2.45) is 0 Å². The number of phenols is 1. The molecular formula is C14H12Cl2OS. The van der Waals surface area contributed by atoms with Crippen LogP contribution in [0.25, 0.3) is 0 Å². The van der Waals surface area contributed by atoms with Crippen LogP contribution in [0.3, 0.4) is 0 Å². The zero-order chi connectivity index (χ0) is 13.1. The highest BCUT2D eigenvalue weighted by Crippen LogP contribution is 2.36. The van der Waals surface area contributed by atoms with Gasteiger partial charge in [0.05, 0.1) is 5.02 Å². The van der Waals surface area contributed by atoms with Crippen LogP contribution >= 0.6 is 35.0 Å². The highest BCUT2D eigenvalue weighted by Gasteiger charge is 2.12. The van der Waals surface area contributed by atoms with Gasteiger partial charge in [-0.25, -0.2) is 0 Å². The van der Waals surface area contributed by atoms with Gasteiger partial charge < -0.3 is 5.11 Å². The van der Waals surface area contributed by atoms with E-state index in [1.165, 1.54) is 0 Å². The maximum Gasteiger partial charge on any atom is 0.134 e. The van der Waals surface area contributed by atoms with Crippen LogP contribution in [0, 0.1) is 0 Å². The molecule has 0 amide bonds. The average Bonchev–Trinajstić information content (AvgIpc) is 2.38. The number of halogens is 2. The summed E-state index contributed by atoms with van der Waals surface area (Å²) in [5.41, 5.74) is 1.92. The molecule has 4 heteroatoms. The number of hydrogen-bond acceptors (Lipinski definition) is 2. The number of aromatic hydroxyl groups is 1. The fourth-order valence-corrected chi connectivity index (χ4v) is 2.89. The Labute approximate surface area is 121 Å². The van der Waals surface area contributed by atoms with Crippen LogP contribution in [0.4, 0.5) is 0 Å². The van der Waals surface area contributed by atoms with Gasteiger partial charge in [0.25, 0.3) is 0 Å². The number of phenolic OH excluding ortho intramolecular Hbond substituents is 1. The van der Waals surface area contributed by atoms with Crippen LogP contribution in [0.5, 0.6) is 5.75 Å². The summed E-state index contributed by atoms with van der Waals surface area (Å²) < 4.78 is 0. The first-order valence-corrected chi connectivity index (χ1v) is 7.39. The first kappa shape index (κ1) is 13.6. The van der Waals surface area contributed by atoms with Crippen molar-refractivity contribution >= 4 is 35.0 Å². The van der Waals surface area contributed by atoms with E-state index in [0.29, 0.717) is 16.5 Å². The van der Waals surface area contributed by atoms with Gasteiger partial charge in [0.2, 0.25) is 0 Å². The molecule has 1 N–H and O–H groups in total. The second-order valence-electron chi connectivity index (χ2n) is 3.85. The van der Waals surface area contributed by atoms with E-state index in [0.717, 1.165) is 16.0 Å². The predicted molar refractivity (Wildman–Crippen MR) is 79.2 cm³/mol. The van der Waals surface area contributed by atoms with Gasteiger partial charge in [-0.05, 0) is 35.6 Å². The van der Waals surface area contributed by atoms with Gasteiger partial charge in [-0.15, -0.1) is 11.8 Å². The van der Waals surface area contributed by atoms with E-state index in [1.54, 1.807) is 17.8 Å². The largest absolute Gasteiger partial charge is 0.506 e. The van der Waals surface area contributed by atoms with Crippen LogP contribution in [0.15, 0.2) is 41.3 Å². The maximum atomic E-state index is 9.69. The van der Waals surface area contributed by atoms with E-state index in [-0.39, 0.29) is 5.75 Å². The summed E-state index contributed by atoms with van der Waals surface area (Å²) >= 11 is 13.9. The van der Waals surface area contributed by atoms with Crippen molar-refractivity contribution in [3.05, 3.63) is 57.6 Å². The molecule has 0 bridgehead atoms. The Kier molecular flexibility index (Phi) is 4.44. The molecule has 0 fully saturated rings. The van der Waals surface area contributed by atoms with Crippen LogP contribution in [0.1, 0.15) is 11.1 Å². The number of hydrogen-bond donors (Lipinski definition) is 1. The summed E-state index contributed by atoms with van der Waals surface area (Å²) in [6.45, 7) is 0. The van der Waals surface area contributed by atoms with Gasteiger partial charge in [0.15, 0.2) is 0 Å². The minimum absolute atomic E-state index is 0.108. The Hall–Kier alpha value is -0.830. The van der Waals surface area contributed by atoms with Gasteiger partial charge >= 0.3 is 0 Å². The fraction of sp³-hybridized carbons (Fsp3) is 0.143. The minimum atomic E-state index is 0.108. The van der Waals surface area contributed by atoms with Crippen LogP contribution in [0.2, 0.25) is 10.0 Å². The van der Waals surface area contributed by atoms with E-state index in [1.807, 2.05) is 36.6 Å². The Bertz CT molecular complexity index is 570. The topological polar surface area (TPSA) is 20.2 Å². The van der Waals surface area contributed by atoms with Crippen molar-refractivity contribution in [2.45, 2.75) is 11.3 Å². The van der Waals surface area contributed by atoms with Crippen molar-refractivity contribution in [3.63, 3.8) is 0 Å². The molecule has 0 spiro atoms. The zero-order valence-electron chi connectivity index (χ0n) is 9.78. The monoisotopic (exact) mass is 298 g/mol. The third kappa shape index (κ3) is 2.77. The van der Waals surface area contributed by atoms with Crippen LogP contribution < -0.4 is 0 Å². The Balaban J connectivity index is 2.46. The third-order valence-electron chi connectivity index (χ3n) is 2.72. The molecule has 1 nitrogen and oxygen atoms in total. The van der Waals surface area contributed by atoms with Gasteiger partial charge in [-0.1, -0.05) is 41.4 Å². The van der Waals surface area contributed by atoms with Crippen molar-refractivity contribution in [2.75, 3.05) is 6.26 Å². The Morgan fingerprint density at radius 2 is 1.83 bits per heavy atom. The second-order valence-corrected chi connectivity index (χ2v) is 5.48. The lowest BCUT2D eigenvalue weighted by Gasteiger charge is -2.12. The summed E-state index contributed by atoms with van der Waals surface area (Å²) in [6.07, 6.45) is 2.60. The average molecular weight is 299 g/mol. The normalized spacial score (nSPS) is 10.6. The summed E-state index contributed by atoms with van der Waals surface area (Å²) in [7, 11) is 0. The summed E-state index contributed by atoms with van der Waals surface area (Å²) in [6, 6.07) is 11.1. The molecule has 2 rings (SSSR count). The van der Waals surface area contributed by atoms with Crippen LogP contribution in [-0.4, -0.2) is 11.4 Å². The number of benzene rings is 2. The SMILES string of the molecule is CSc1ccc(O)c(Cl)c1Cc1ccccc1Cl. The first-order chi connectivity index (χ1) is 8.63. The lowest BCUT2D eigenvalue weighted by atomic mass is 10.0. The van der Waals surface area contributed by atoms with E-state index in [2.05, 4.69) is 0 Å². The molecule has 0 aromatic heterocycles. The molecule has 18 heavy (non-hydrogen) atoms. The standard InChI is InChI=1S/C14H12Cl2OS/c1-18-13-7-6-12(17)14(16)10(13)8-9-4-2-3-5-11(9)15/h2-7,17H,8H2,1H3. The zero-order valence-corrected chi connectivity index (χ0v) is 12.1. The van der Waals surface area contributed by atoms with Gasteiger partial charge in [-0.2, -0.15) is 0 Å².